The van der Waals surface area contributed by atoms with Gasteiger partial charge in [-0.1, -0.05) is 19.9 Å². The molecule has 20 heavy (non-hydrogen) atoms. The van der Waals surface area contributed by atoms with Crippen molar-refractivity contribution in [2.45, 2.75) is 45.5 Å². The number of rotatable bonds is 3. The number of nitrogen functional groups attached to an aromatic ring is 1. The minimum Gasteiger partial charge on any atom is -0.399 e. The summed E-state index contributed by atoms with van der Waals surface area (Å²) in [7, 11) is 0. The highest BCUT2D eigenvalue weighted by Gasteiger charge is 2.35. The van der Waals surface area contributed by atoms with Crippen LogP contribution in [-0.4, -0.2) is 17.5 Å². The van der Waals surface area contributed by atoms with E-state index in [1.54, 1.807) is 6.07 Å². The monoisotopic (exact) mass is 286 g/mol. The molecule has 5 heteroatoms. The third-order valence-corrected chi connectivity index (χ3v) is 4.00. The first-order chi connectivity index (χ1) is 9.29. The molecule has 1 fully saturated rings. The van der Waals surface area contributed by atoms with Gasteiger partial charge in [0, 0.05) is 18.3 Å². The van der Waals surface area contributed by atoms with E-state index in [-0.39, 0.29) is 5.69 Å². The normalized spacial score (nSPS) is 20.8. The Kier molecular flexibility index (Phi) is 4.28. The lowest BCUT2D eigenvalue weighted by atomic mass is 10.0. The lowest BCUT2D eigenvalue weighted by molar-refractivity contribution is -0.138. The van der Waals surface area contributed by atoms with Crippen molar-refractivity contribution in [3.63, 3.8) is 0 Å². The van der Waals surface area contributed by atoms with Crippen LogP contribution in [0.4, 0.5) is 18.9 Å². The summed E-state index contributed by atoms with van der Waals surface area (Å²) in [5.74, 6) is 0.459. The van der Waals surface area contributed by atoms with Crippen LogP contribution >= 0.6 is 0 Å². The maximum atomic E-state index is 13.1. The van der Waals surface area contributed by atoms with E-state index in [4.69, 9.17) is 5.73 Å². The van der Waals surface area contributed by atoms with Gasteiger partial charge in [-0.25, -0.2) is 0 Å². The molecular formula is C15H21F3N2. The van der Waals surface area contributed by atoms with E-state index in [9.17, 15) is 13.2 Å². The molecule has 1 saturated heterocycles. The Bertz CT molecular complexity index is 469. The molecule has 1 unspecified atom stereocenters. The highest BCUT2D eigenvalue weighted by molar-refractivity contribution is 5.46. The second-order valence-corrected chi connectivity index (χ2v) is 5.84. The van der Waals surface area contributed by atoms with Crippen molar-refractivity contribution in [3.05, 3.63) is 29.3 Å². The van der Waals surface area contributed by atoms with Crippen molar-refractivity contribution in [2.24, 2.45) is 5.92 Å². The molecule has 1 aromatic carbocycles. The number of nitrogens with zero attached hydrogens (tertiary/aromatic N) is 1. The Morgan fingerprint density at radius 3 is 2.65 bits per heavy atom. The Balaban J connectivity index is 2.25. The highest BCUT2D eigenvalue weighted by atomic mass is 19.4. The van der Waals surface area contributed by atoms with E-state index in [1.807, 2.05) is 0 Å². The Morgan fingerprint density at radius 2 is 2.05 bits per heavy atom. The fourth-order valence-electron chi connectivity index (χ4n) is 3.02. The summed E-state index contributed by atoms with van der Waals surface area (Å²) in [6, 6.07) is 4.46. The molecule has 1 aromatic rings. The molecule has 0 saturated carbocycles. The van der Waals surface area contributed by atoms with E-state index in [1.165, 1.54) is 6.07 Å². The molecular weight excluding hydrogens is 265 g/mol. The predicted octanol–water partition coefficient (Wildman–Crippen LogP) is 3.91. The number of nitrogens with two attached hydrogens (primary N) is 1. The maximum Gasteiger partial charge on any atom is 0.416 e. The Hall–Kier alpha value is -1.23. The Labute approximate surface area is 117 Å². The minimum atomic E-state index is -4.35. The van der Waals surface area contributed by atoms with Crippen molar-refractivity contribution in [1.29, 1.82) is 0 Å². The molecule has 0 bridgehead atoms. The van der Waals surface area contributed by atoms with Gasteiger partial charge in [0.15, 0.2) is 0 Å². The lowest BCUT2D eigenvalue weighted by Gasteiger charge is -2.28. The molecule has 1 aliphatic heterocycles. The van der Waals surface area contributed by atoms with Gasteiger partial charge < -0.3 is 5.73 Å². The van der Waals surface area contributed by atoms with Crippen LogP contribution in [0.2, 0.25) is 0 Å². The van der Waals surface area contributed by atoms with Crippen molar-refractivity contribution in [1.82, 2.24) is 4.90 Å². The summed E-state index contributed by atoms with van der Waals surface area (Å²) in [6.07, 6.45) is -2.23. The molecule has 1 heterocycles. The second-order valence-electron chi connectivity index (χ2n) is 5.84. The van der Waals surface area contributed by atoms with E-state index in [0.717, 1.165) is 25.5 Å². The van der Waals surface area contributed by atoms with Crippen molar-refractivity contribution >= 4 is 5.69 Å². The van der Waals surface area contributed by atoms with Gasteiger partial charge in [0.05, 0.1) is 5.56 Å². The number of benzene rings is 1. The van der Waals surface area contributed by atoms with E-state index >= 15 is 0 Å². The van der Waals surface area contributed by atoms with Crippen LogP contribution < -0.4 is 5.73 Å². The largest absolute Gasteiger partial charge is 0.416 e. The van der Waals surface area contributed by atoms with Gasteiger partial charge in [-0.15, -0.1) is 0 Å². The minimum absolute atomic E-state index is 0.155. The van der Waals surface area contributed by atoms with Gasteiger partial charge in [0.1, 0.15) is 0 Å². The zero-order chi connectivity index (χ0) is 14.9. The number of alkyl halides is 3. The average molecular weight is 286 g/mol. The predicted molar refractivity (Wildman–Crippen MR) is 74.1 cm³/mol. The van der Waals surface area contributed by atoms with Crippen LogP contribution in [0.1, 0.15) is 37.8 Å². The number of likely N-dealkylation sites (tertiary alicyclic amines) is 1. The highest BCUT2D eigenvalue weighted by Crippen LogP contribution is 2.35. The van der Waals surface area contributed by atoms with Crippen molar-refractivity contribution < 1.29 is 13.2 Å². The van der Waals surface area contributed by atoms with E-state index < -0.39 is 11.7 Å². The quantitative estimate of drug-likeness (QED) is 0.854. The van der Waals surface area contributed by atoms with Gasteiger partial charge in [0.2, 0.25) is 0 Å². The molecule has 2 rings (SSSR count). The van der Waals surface area contributed by atoms with E-state index in [0.29, 0.717) is 24.1 Å². The number of anilines is 1. The first-order valence-electron chi connectivity index (χ1n) is 6.98. The lowest BCUT2D eigenvalue weighted by Crippen LogP contribution is -2.33. The molecule has 1 atom stereocenters. The molecule has 1 aliphatic rings. The molecule has 112 valence electrons. The zero-order valence-electron chi connectivity index (χ0n) is 11.9. The number of hydrogen-bond acceptors (Lipinski definition) is 2. The van der Waals surface area contributed by atoms with Crippen LogP contribution in [0.25, 0.3) is 0 Å². The van der Waals surface area contributed by atoms with Crippen molar-refractivity contribution in [3.8, 4) is 0 Å². The Morgan fingerprint density at radius 1 is 1.35 bits per heavy atom. The third kappa shape index (κ3) is 3.26. The molecule has 2 nitrogen and oxygen atoms in total. The zero-order valence-corrected chi connectivity index (χ0v) is 11.9. The van der Waals surface area contributed by atoms with Crippen LogP contribution in [-0.2, 0) is 12.7 Å². The van der Waals surface area contributed by atoms with Crippen LogP contribution in [0.3, 0.4) is 0 Å². The van der Waals surface area contributed by atoms with Gasteiger partial charge in [-0.3, -0.25) is 4.90 Å². The fraction of sp³-hybridized carbons (Fsp3) is 0.600. The first kappa shape index (κ1) is 15.2. The van der Waals surface area contributed by atoms with Crippen LogP contribution in [0.15, 0.2) is 18.2 Å². The first-order valence-corrected chi connectivity index (χ1v) is 6.98. The average Bonchev–Trinajstić information content (AvgIpc) is 2.78. The second kappa shape index (κ2) is 5.64. The van der Waals surface area contributed by atoms with Gasteiger partial charge in [-0.2, -0.15) is 13.2 Å². The van der Waals surface area contributed by atoms with E-state index in [2.05, 4.69) is 18.7 Å². The number of halogens is 3. The SMILES string of the molecule is CC(C)C1CCCN1Cc1ccc(N)cc1C(F)(F)F. The smallest absolute Gasteiger partial charge is 0.399 e. The molecule has 0 amide bonds. The summed E-state index contributed by atoms with van der Waals surface area (Å²) < 4.78 is 39.3. The summed E-state index contributed by atoms with van der Waals surface area (Å²) in [6.45, 7) is 5.45. The standard InChI is InChI=1S/C15H21F3N2/c1-10(2)14-4-3-7-20(14)9-11-5-6-12(19)8-13(11)15(16,17)18/h5-6,8,10,14H,3-4,7,9,19H2,1-2H3. The van der Waals surface area contributed by atoms with Crippen molar-refractivity contribution in [2.75, 3.05) is 12.3 Å². The summed E-state index contributed by atoms with van der Waals surface area (Å²) in [5, 5.41) is 0. The molecule has 0 aromatic heterocycles. The number of hydrogen-bond donors (Lipinski definition) is 1. The van der Waals surface area contributed by atoms with Gasteiger partial charge in [-0.05, 0) is 43.0 Å². The summed E-state index contributed by atoms with van der Waals surface area (Å²) in [5.41, 5.74) is 5.36. The maximum absolute atomic E-state index is 13.1. The van der Waals surface area contributed by atoms with Gasteiger partial charge >= 0.3 is 6.18 Å². The topological polar surface area (TPSA) is 29.3 Å². The van der Waals surface area contributed by atoms with Crippen LogP contribution in [0.5, 0.6) is 0 Å². The molecule has 2 N–H and O–H groups in total. The van der Waals surface area contributed by atoms with Gasteiger partial charge in [0.25, 0.3) is 0 Å². The molecule has 0 aliphatic carbocycles. The molecule has 0 spiro atoms. The molecule has 0 radical (unpaired) electrons. The van der Waals surface area contributed by atoms with Crippen LogP contribution in [0, 0.1) is 5.92 Å². The summed E-state index contributed by atoms with van der Waals surface area (Å²) >= 11 is 0. The fourth-order valence-corrected chi connectivity index (χ4v) is 3.02. The summed E-state index contributed by atoms with van der Waals surface area (Å²) in [4.78, 5) is 2.16. The third-order valence-electron chi connectivity index (χ3n) is 4.00.